The molecule has 1 unspecified atom stereocenters. The number of nitrogens with zero attached hydrogens (tertiary/aromatic N) is 1. The monoisotopic (exact) mass is 251 g/mol. The zero-order chi connectivity index (χ0) is 13.0. The first-order chi connectivity index (χ1) is 8.06. The number of alkyl halides is 1. The number of terminal acetylenes is 1. The van der Waals surface area contributed by atoms with Crippen LogP contribution in [0.4, 0.5) is 0 Å². The number of hydrogen-bond acceptors (Lipinski definition) is 1. The predicted molar refractivity (Wildman–Crippen MR) is 71.7 cm³/mol. The van der Waals surface area contributed by atoms with Crippen LogP contribution in [-0.2, 0) is 0 Å². The molecule has 0 aliphatic rings. The highest BCUT2D eigenvalue weighted by molar-refractivity contribution is 6.30. The van der Waals surface area contributed by atoms with E-state index in [0.717, 1.165) is 24.2 Å². The van der Waals surface area contributed by atoms with Gasteiger partial charge in [-0.3, -0.25) is 4.79 Å². The minimum absolute atomic E-state index is 0.0127. The smallest absolute Gasteiger partial charge is 0.179 e. The number of aromatic nitrogens is 1. The van der Waals surface area contributed by atoms with E-state index in [4.69, 9.17) is 18.0 Å². The molecular weight excluding hydrogens is 234 g/mol. The summed E-state index contributed by atoms with van der Waals surface area (Å²) in [4.78, 5) is 11.7. The molecule has 0 amide bonds. The second kappa shape index (κ2) is 5.93. The van der Waals surface area contributed by atoms with Crippen molar-refractivity contribution in [2.45, 2.75) is 39.7 Å². The number of Topliss-reactive ketones (excluding diaryl/α,β-unsaturated/α-hetero) is 1. The average Bonchev–Trinajstić information content (AvgIpc) is 2.61. The fourth-order valence-corrected chi connectivity index (χ4v) is 2.32. The number of carbonyl (C=O) groups is 1. The molecule has 0 bridgehead atoms. The third-order valence-corrected chi connectivity index (χ3v) is 3.22. The van der Waals surface area contributed by atoms with Gasteiger partial charge in [0.15, 0.2) is 5.78 Å². The molecule has 0 N–H and O–H groups in total. The fraction of sp³-hybridized carbons (Fsp3) is 0.500. The normalized spacial score (nSPS) is 12.2. The molecule has 0 fully saturated rings. The summed E-state index contributed by atoms with van der Waals surface area (Å²) in [5, 5.41) is 0. The molecule has 0 saturated heterocycles. The van der Waals surface area contributed by atoms with Crippen LogP contribution < -0.4 is 0 Å². The molecule has 0 spiro atoms. The third-order valence-electron chi connectivity index (χ3n) is 2.97. The number of carbonyl (C=O) groups excluding carboxylic acids is 1. The molecule has 1 rings (SSSR count). The minimum Gasteiger partial charge on any atom is -0.334 e. The van der Waals surface area contributed by atoms with Gasteiger partial charge in [-0.05, 0) is 26.3 Å². The first-order valence-electron chi connectivity index (χ1n) is 5.80. The molecule has 1 aromatic heterocycles. The summed E-state index contributed by atoms with van der Waals surface area (Å²) in [7, 11) is 0. The molecule has 92 valence electrons. The maximum atomic E-state index is 11.7. The van der Waals surface area contributed by atoms with Gasteiger partial charge in [0.25, 0.3) is 0 Å². The highest BCUT2D eigenvalue weighted by atomic mass is 35.5. The van der Waals surface area contributed by atoms with Crippen LogP contribution in [0.1, 0.15) is 47.6 Å². The first-order valence-corrected chi connectivity index (χ1v) is 6.33. The Bertz CT molecular complexity index is 454. The summed E-state index contributed by atoms with van der Waals surface area (Å²) in [6.07, 6.45) is 7.50. The molecular formula is C14H18ClNO. The zero-order valence-corrected chi connectivity index (χ0v) is 11.3. The van der Waals surface area contributed by atoms with E-state index in [1.54, 1.807) is 0 Å². The van der Waals surface area contributed by atoms with Crippen molar-refractivity contribution >= 4 is 17.4 Å². The molecule has 1 aromatic rings. The van der Waals surface area contributed by atoms with Crippen LogP contribution in [0.3, 0.4) is 0 Å². The Morgan fingerprint density at radius 3 is 2.71 bits per heavy atom. The molecule has 0 radical (unpaired) electrons. The highest BCUT2D eigenvalue weighted by Gasteiger charge is 2.18. The maximum absolute atomic E-state index is 11.7. The summed E-state index contributed by atoms with van der Waals surface area (Å²) in [5.41, 5.74) is 2.63. The average molecular weight is 252 g/mol. The Balaban J connectivity index is 3.22. The van der Waals surface area contributed by atoms with Gasteiger partial charge in [0.1, 0.15) is 0 Å². The van der Waals surface area contributed by atoms with E-state index in [0.29, 0.717) is 5.56 Å². The number of aryl methyl sites for hydroxylation is 1. The van der Waals surface area contributed by atoms with Gasteiger partial charge in [-0.2, -0.15) is 0 Å². The molecule has 0 aliphatic carbocycles. The van der Waals surface area contributed by atoms with Gasteiger partial charge in [0.2, 0.25) is 0 Å². The van der Waals surface area contributed by atoms with Crippen molar-refractivity contribution in [3.63, 3.8) is 0 Å². The highest BCUT2D eigenvalue weighted by Crippen LogP contribution is 2.23. The van der Waals surface area contributed by atoms with E-state index in [-0.39, 0.29) is 17.7 Å². The molecule has 0 aromatic carbocycles. The van der Waals surface area contributed by atoms with Crippen LogP contribution in [0.25, 0.3) is 0 Å². The Kier molecular flexibility index (Phi) is 4.84. The van der Waals surface area contributed by atoms with Crippen molar-refractivity contribution in [2.75, 3.05) is 5.88 Å². The van der Waals surface area contributed by atoms with Gasteiger partial charge >= 0.3 is 0 Å². The van der Waals surface area contributed by atoms with Crippen LogP contribution in [0.2, 0.25) is 0 Å². The second-order valence-electron chi connectivity index (χ2n) is 4.18. The molecule has 17 heavy (non-hydrogen) atoms. The van der Waals surface area contributed by atoms with E-state index >= 15 is 0 Å². The predicted octanol–water partition coefficient (Wildman–Crippen LogP) is 3.50. The quantitative estimate of drug-likeness (QED) is 0.446. The van der Waals surface area contributed by atoms with Crippen molar-refractivity contribution in [2.24, 2.45) is 0 Å². The molecule has 1 atom stereocenters. The lowest BCUT2D eigenvalue weighted by Gasteiger charge is -2.17. The second-order valence-corrected chi connectivity index (χ2v) is 4.45. The van der Waals surface area contributed by atoms with Gasteiger partial charge in [0.05, 0.1) is 11.9 Å². The number of ketones is 1. The Hall–Kier alpha value is -1.20. The lowest BCUT2D eigenvalue weighted by molar-refractivity contribution is 0.102. The lowest BCUT2D eigenvalue weighted by atomic mass is 10.1. The van der Waals surface area contributed by atoms with E-state index in [1.807, 2.05) is 19.9 Å². The largest absolute Gasteiger partial charge is 0.334 e. The van der Waals surface area contributed by atoms with Gasteiger partial charge in [-0.25, -0.2) is 0 Å². The molecule has 3 heteroatoms. The maximum Gasteiger partial charge on any atom is 0.179 e. The van der Waals surface area contributed by atoms with Crippen molar-refractivity contribution in [1.82, 2.24) is 4.57 Å². The number of rotatable bonds is 5. The minimum atomic E-state index is -0.0433. The fourth-order valence-electron chi connectivity index (χ4n) is 2.17. The summed E-state index contributed by atoms with van der Waals surface area (Å²) in [6.45, 7) is 5.99. The summed E-state index contributed by atoms with van der Waals surface area (Å²) in [6, 6.07) is 1.90. The standard InChI is InChI=1S/C14H18ClNO/c1-5-7-12(6-2)16-10(3)8-13(11(16)4)14(17)9-15/h2,8,12H,5,7,9H2,1,3-4H3. The molecule has 0 aliphatic heterocycles. The Labute approximate surface area is 108 Å². The number of halogens is 1. The van der Waals surface area contributed by atoms with Crippen LogP contribution in [0, 0.1) is 26.2 Å². The van der Waals surface area contributed by atoms with Crippen molar-refractivity contribution < 1.29 is 4.79 Å². The summed E-state index contributed by atoms with van der Waals surface area (Å²) in [5.74, 6) is 2.76. The van der Waals surface area contributed by atoms with Gasteiger partial charge < -0.3 is 4.57 Å². The zero-order valence-electron chi connectivity index (χ0n) is 10.6. The van der Waals surface area contributed by atoms with Crippen molar-refractivity contribution in [3.05, 3.63) is 23.0 Å². The first kappa shape index (κ1) is 13.9. The number of hydrogen-bond donors (Lipinski definition) is 0. The van der Waals surface area contributed by atoms with Crippen LogP contribution in [0.5, 0.6) is 0 Å². The van der Waals surface area contributed by atoms with E-state index in [9.17, 15) is 4.79 Å². The Morgan fingerprint density at radius 2 is 2.24 bits per heavy atom. The van der Waals surface area contributed by atoms with Gasteiger partial charge in [-0.1, -0.05) is 19.3 Å². The molecule has 2 nitrogen and oxygen atoms in total. The topological polar surface area (TPSA) is 22.0 Å². The van der Waals surface area contributed by atoms with E-state index in [2.05, 4.69) is 17.4 Å². The van der Waals surface area contributed by atoms with Crippen LogP contribution in [-0.4, -0.2) is 16.2 Å². The van der Waals surface area contributed by atoms with Gasteiger partial charge in [-0.15, -0.1) is 18.0 Å². The van der Waals surface area contributed by atoms with Crippen LogP contribution in [0.15, 0.2) is 6.07 Å². The Morgan fingerprint density at radius 1 is 1.59 bits per heavy atom. The van der Waals surface area contributed by atoms with E-state index in [1.165, 1.54) is 0 Å². The lowest BCUT2D eigenvalue weighted by Crippen LogP contribution is -2.11. The van der Waals surface area contributed by atoms with Crippen molar-refractivity contribution in [1.29, 1.82) is 0 Å². The van der Waals surface area contributed by atoms with Gasteiger partial charge in [0, 0.05) is 17.0 Å². The van der Waals surface area contributed by atoms with Crippen molar-refractivity contribution in [3.8, 4) is 12.3 Å². The third kappa shape index (κ3) is 2.73. The van der Waals surface area contributed by atoms with Crippen LogP contribution >= 0.6 is 11.6 Å². The SMILES string of the molecule is C#CC(CCC)n1c(C)cc(C(=O)CCl)c1C. The summed E-state index contributed by atoms with van der Waals surface area (Å²) < 4.78 is 2.06. The van der Waals surface area contributed by atoms with E-state index < -0.39 is 0 Å². The molecule has 1 heterocycles. The summed E-state index contributed by atoms with van der Waals surface area (Å²) >= 11 is 5.60. The molecule has 0 saturated carbocycles.